The van der Waals surface area contributed by atoms with E-state index in [4.69, 9.17) is 4.74 Å². The topological polar surface area (TPSA) is 73.6 Å². The van der Waals surface area contributed by atoms with Crippen LogP contribution in [-0.4, -0.2) is 37.4 Å². The van der Waals surface area contributed by atoms with E-state index in [1.54, 1.807) is 18.2 Å². The maximum atomic E-state index is 15.6. The summed E-state index contributed by atoms with van der Waals surface area (Å²) in [6.07, 6.45) is -1.70. The first kappa shape index (κ1) is 18.4. The Kier molecular flexibility index (Phi) is 4.99. The van der Waals surface area contributed by atoms with Gasteiger partial charge in [-0.05, 0) is 22.4 Å². The first-order valence-electron chi connectivity index (χ1n) is 8.85. The van der Waals surface area contributed by atoms with Gasteiger partial charge in [0.25, 0.3) is 0 Å². The molecule has 2 heterocycles. The lowest BCUT2D eigenvalue weighted by atomic mass is 9.97. The number of rotatable bonds is 4. The van der Waals surface area contributed by atoms with E-state index in [1.165, 1.54) is 0 Å². The number of thiophene rings is 1. The Morgan fingerprint density at radius 2 is 1.93 bits per heavy atom. The van der Waals surface area contributed by atoms with E-state index in [-0.39, 0.29) is 16.0 Å². The molecule has 1 fully saturated rings. The zero-order valence-corrected chi connectivity index (χ0v) is 15.7. The maximum Gasteiger partial charge on any atom is 0.346 e. The average Bonchev–Trinajstić information content (AvgIpc) is 3.13. The molecule has 1 aliphatic heterocycles. The van der Waals surface area contributed by atoms with Gasteiger partial charge in [0.1, 0.15) is 15.9 Å². The number of nitrogens with zero attached hydrogens (tertiary/aromatic N) is 2. The third-order valence-corrected chi connectivity index (χ3v) is 6.10. The van der Waals surface area contributed by atoms with Crippen LogP contribution < -0.4 is 4.90 Å². The van der Waals surface area contributed by atoms with Gasteiger partial charge in [-0.2, -0.15) is 5.26 Å². The zero-order chi connectivity index (χ0) is 19.7. The number of fused-ring (bicyclic) bond motifs is 1. The van der Waals surface area contributed by atoms with Crippen molar-refractivity contribution in [1.82, 2.24) is 0 Å². The lowest BCUT2D eigenvalue weighted by Gasteiger charge is -2.27. The Labute approximate surface area is 165 Å². The molecule has 1 aliphatic rings. The van der Waals surface area contributed by atoms with Gasteiger partial charge < -0.3 is 14.7 Å². The van der Waals surface area contributed by atoms with Crippen LogP contribution in [0.15, 0.2) is 42.5 Å². The summed E-state index contributed by atoms with van der Waals surface area (Å²) in [7, 11) is 0. The number of carboxylic acids is 1. The second-order valence-electron chi connectivity index (χ2n) is 6.51. The van der Waals surface area contributed by atoms with Gasteiger partial charge in [-0.15, -0.1) is 11.3 Å². The highest BCUT2D eigenvalue weighted by Crippen LogP contribution is 2.43. The van der Waals surface area contributed by atoms with Crippen molar-refractivity contribution in [2.75, 3.05) is 31.2 Å². The van der Waals surface area contributed by atoms with E-state index in [1.807, 2.05) is 35.2 Å². The number of carboxylic acid groups (broad SMARTS) is 1. The fourth-order valence-corrected chi connectivity index (χ4v) is 4.63. The number of alkyl halides is 1. The smallest absolute Gasteiger partial charge is 0.346 e. The molecule has 0 saturated carbocycles. The molecule has 1 N–H and O–H groups in total. The predicted molar refractivity (Wildman–Crippen MR) is 106 cm³/mol. The maximum absolute atomic E-state index is 15.6. The molecule has 0 spiro atoms. The summed E-state index contributed by atoms with van der Waals surface area (Å²) >= 11 is 0.960. The van der Waals surface area contributed by atoms with Gasteiger partial charge in [0, 0.05) is 18.7 Å². The molecule has 0 bridgehead atoms. The SMILES string of the molecule is N#Cc1c(N2CCOCC2)sc(C(=O)O)c1C(F)c1ccc2ccccc2c1. The van der Waals surface area contributed by atoms with Gasteiger partial charge in [0.15, 0.2) is 6.17 Å². The minimum atomic E-state index is -1.70. The molecular formula is C21H17FN2O3S. The van der Waals surface area contributed by atoms with Crippen molar-refractivity contribution in [2.45, 2.75) is 6.17 Å². The van der Waals surface area contributed by atoms with E-state index in [2.05, 4.69) is 0 Å². The average molecular weight is 396 g/mol. The summed E-state index contributed by atoms with van der Waals surface area (Å²) in [5.74, 6) is -1.22. The van der Waals surface area contributed by atoms with Gasteiger partial charge in [0.05, 0.1) is 18.8 Å². The Balaban J connectivity index is 1.83. The van der Waals surface area contributed by atoms with Crippen LogP contribution in [0.3, 0.4) is 0 Å². The molecule has 2 aromatic carbocycles. The third-order valence-electron chi connectivity index (χ3n) is 4.85. The summed E-state index contributed by atoms with van der Waals surface area (Å²) in [6.45, 7) is 2.07. The summed E-state index contributed by atoms with van der Waals surface area (Å²) < 4.78 is 20.9. The fourth-order valence-electron chi connectivity index (χ4n) is 3.46. The van der Waals surface area contributed by atoms with Crippen molar-refractivity contribution in [3.8, 4) is 6.07 Å². The Morgan fingerprint density at radius 3 is 2.61 bits per heavy atom. The van der Waals surface area contributed by atoms with Crippen LogP contribution in [-0.2, 0) is 4.74 Å². The summed E-state index contributed by atoms with van der Waals surface area (Å²) in [6, 6.07) is 14.8. The Morgan fingerprint density at radius 1 is 1.21 bits per heavy atom. The number of anilines is 1. The number of hydrogen-bond acceptors (Lipinski definition) is 5. The van der Waals surface area contributed by atoms with Gasteiger partial charge >= 0.3 is 5.97 Å². The van der Waals surface area contributed by atoms with E-state index >= 15 is 4.39 Å². The van der Waals surface area contributed by atoms with Gasteiger partial charge in [0.2, 0.25) is 0 Å². The summed E-state index contributed by atoms with van der Waals surface area (Å²) in [4.78, 5) is 13.6. The van der Waals surface area contributed by atoms with Crippen LogP contribution in [0.2, 0.25) is 0 Å². The van der Waals surface area contributed by atoms with Crippen molar-refractivity contribution in [3.05, 3.63) is 64.0 Å². The summed E-state index contributed by atoms with van der Waals surface area (Å²) in [5.41, 5.74) is 0.380. The lowest BCUT2D eigenvalue weighted by Crippen LogP contribution is -2.36. The number of aromatic carboxylic acids is 1. The molecule has 0 aliphatic carbocycles. The fraction of sp³-hybridized carbons (Fsp3) is 0.238. The minimum Gasteiger partial charge on any atom is -0.477 e. The number of halogens is 1. The number of benzene rings is 2. The predicted octanol–water partition coefficient (Wildman–Crippen LogP) is 4.37. The van der Waals surface area contributed by atoms with Gasteiger partial charge in [-0.25, -0.2) is 9.18 Å². The molecule has 5 nitrogen and oxygen atoms in total. The minimum absolute atomic E-state index is 0.0585. The third kappa shape index (κ3) is 3.21. The van der Waals surface area contributed by atoms with E-state index in [9.17, 15) is 15.2 Å². The molecule has 1 aromatic heterocycles. The van der Waals surface area contributed by atoms with Gasteiger partial charge in [-0.1, -0.05) is 36.4 Å². The van der Waals surface area contributed by atoms with Crippen molar-refractivity contribution in [1.29, 1.82) is 5.26 Å². The molecule has 0 radical (unpaired) electrons. The van der Waals surface area contributed by atoms with Crippen molar-refractivity contribution >= 4 is 33.1 Å². The van der Waals surface area contributed by atoms with Crippen LogP contribution in [0.25, 0.3) is 10.8 Å². The molecule has 142 valence electrons. The van der Waals surface area contributed by atoms with Crippen LogP contribution in [0.5, 0.6) is 0 Å². The molecule has 4 rings (SSSR count). The van der Waals surface area contributed by atoms with Crippen LogP contribution in [0, 0.1) is 11.3 Å². The van der Waals surface area contributed by atoms with Crippen LogP contribution in [0.1, 0.15) is 32.5 Å². The molecule has 3 aromatic rings. The quantitative estimate of drug-likeness (QED) is 0.709. The normalized spacial score (nSPS) is 15.4. The molecule has 7 heteroatoms. The zero-order valence-electron chi connectivity index (χ0n) is 14.9. The number of ether oxygens (including phenoxy) is 1. The largest absolute Gasteiger partial charge is 0.477 e. The first-order chi connectivity index (χ1) is 13.6. The van der Waals surface area contributed by atoms with E-state index in [0.717, 1.165) is 22.1 Å². The molecule has 0 amide bonds. The molecule has 1 saturated heterocycles. The lowest BCUT2D eigenvalue weighted by molar-refractivity contribution is 0.0699. The number of morpholine rings is 1. The Hall–Kier alpha value is -2.95. The number of carbonyl (C=O) groups is 1. The van der Waals surface area contributed by atoms with E-state index in [0.29, 0.717) is 36.9 Å². The molecule has 28 heavy (non-hydrogen) atoms. The highest BCUT2D eigenvalue weighted by atomic mass is 32.1. The second kappa shape index (κ2) is 7.58. The molecule has 1 unspecified atom stereocenters. The first-order valence-corrected chi connectivity index (χ1v) is 9.67. The highest BCUT2D eigenvalue weighted by molar-refractivity contribution is 7.18. The molecule has 1 atom stereocenters. The van der Waals surface area contributed by atoms with Crippen LogP contribution >= 0.6 is 11.3 Å². The van der Waals surface area contributed by atoms with Gasteiger partial charge in [-0.3, -0.25) is 0 Å². The van der Waals surface area contributed by atoms with Crippen molar-refractivity contribution < 1.29 is 19.0 Å². The highest BCUT2D eigenvalue weighted by Gasteiger charge is 2.32. The van der Waals surface area contributed by atoms with Crippen molar-refractivity contribution in [3.63, 3.8) is 0 Å². The van der Waals surface area contributed by atoms with Crippen molar-refractivity contribution in [2.24, 2.45) is 0 Å². The monoisotopic (exact) mass is 396 g/mol. The second-order valence-corrected chi connectivity index (χ2v) is 7.51. The number of nitriles is 1. The van der Waals surface area contributed by atoms with E-state index < -0.39 is 12.1 Å². The summed E-state index contributed by atoms with van der Waals surface area (Å²) in [5, 5.41) is 21.7. The standard InChI is InChI=1S/C21H17FN2O3S/c22-18(15-6-5-13-3-1-2-4-14(13)11-15)17-16(12-23)20(28-19(17)21(25)26)24-7-9-27-10-8-24/h1-6,11,18H,7-10H2,(H,25,26). The van der Waals surface area contributed by atoms with Crippen LogP contribution in [0.4, 0.5) is 9.39 Å². The number of hydrogen-bond donors (Lipinski definition) is 1. The Bertz CT molecular complexity index is 1080. The molecular weight excluding hydrogens is 379 g/mol.